The standard InChI is InChI=1S/C17H17Cl2N3O2/c18-14-2-1-13(15(19)10-14)9-17(24)21-8-5-16(23)22-11-12-3-6-20-7-4-12/h1-4,6-7,10H,5,8-9,11H2,(H,21,24)(H,22,23). The molecule has 1 aromatic heterocycles. The zero-order valence-corrected chi connectivity index (χ0v) is 14.4. The fourth-order valence-corrected chi connectivity index (χ4v) is 2.48. The Morgan fingerprint density at radius 1 is 1.00 bits per heavy atom. The lowest BCUT2D eigenvalue weighted by atomic mass is 10.1. The van der Waals surface area contributed by atoms with E-state index in [4.69, 9.17) is 23.2 Å². The van der Waals surface area contributed by atoms with Gasteiger partial charge in [-0.1, -0.05) is 29.3 Å². The molecule has 2 amide bonds. The van der Waals surface area contributed by atoms with Crippen LogP contribution in [-0.2, 0) is 22.6 Å². The third-order valence-electron chi connectivity index (χ3n) is 3.28. The quantitative estimate of drug-likeness (QED) is 0.792. The normalized spacial score (nSPS) is 10.2. The Morgan fingerprint density at radius 2 is 1.75 bits per heavy atom. The van der Waals surface area contributed by atoms with Gasteiger partial charge in [-0.2, -0.15) is 0 Å². The van der Waals surface area contributed by atoms with Crippen LogP contribution >= 0.6 is 23.2 Å². The zero-order valence-electron chi connectivity index (χ0n) is 12.9. The number of carbonyl (C=O) groups is 2. The van der Waals surface area contributed by atoms with Crippen LogP contribution in [-0.4, -0.2) is 23.3 Å². The van der Waals surface area contributed by atoms with E-state index in [0.717, 1.165) is 5.56 Å². The number of hydrogen-bond acceptors (Lipinski definition) is 3. The fraction of sp³-hybridized carbons (Fsp3) is 0.235. The fourth-order valence-electron chi connectivity index (χ4n) is 2.01. The molecule has 0 spiro atoms. The predicted octanol–water partition coefficient (Wildman–Crippen LogP) is 2.75. The summed E-state index contributed by atoms with van der Waals surface area (Å²) in [5.41, 5.74) is 1.67. The maximum absolute atomic E-state index is 11.9. The second kappa shape index (κ2) is 9.25. The summed E-state index contributed by atoms with van der Waals surface area (Å²) < 4.78 is 0. The van der Waals surface area contributed by atoms with Gasteiger partial charge in [-0.15, -0.1) is 0 Å². The molecule has 2 aromatic rings. The van der Waals surface area contributed by atoms with E-state index in [2.05, 4.69) is 15.6 Å². The molecule has 1 heterocycles. The van der Waals surface area contributed by atoms with Crippen LogP contribution in [0.3, 0.4) is 0 Å². The van der Waals surface area contributed by atoms with E-state index < -0.39 is 0 Å². The van der Waals surface area contributed by atoms with Gasteiger partial charge >= 0.3 is 0 Å². The number of amides is 2. The molecule has 0 atom stereocenters. The van der Waals surface area contributed by atoms with Crippen LogP contribution in [0.1, 0.15) is 17.5 Å². The number of nitrogens with one attached hydrogen (secondary N) is 2. The van der Waals surface area contributed by atoms with Gasteiger partial charge in [-0.05, 0) is 35.4 Å². The van der Waals surface area contributed by atoms with Crippen LogP contribution < -0.4 is 10.6 Å². The van der Waals surface area contributed by atoms with E-state index in [9.17, 15) is 9.59 Å². The maximum Gasteiger partial charge on any atom is 0.224 e. The summed E-state index contributed by atoms with van der Waals surface area (Å²) in [5.74, 6) is -0.321. The molecule has 126 valence electrons. The maximum atomic E-state index is 11.9. The largest absolute Gasteiger partial charge is 0.355 e. The molecular formula is C17H17Cl2N3O2. The van der Waals surface area contributed by atoms with Crippen molar-refractivity contribution >= 4 is 35.0 Å². The molecule has 0 radical (unpaired) electrons. The van der Waals surface area contributed by atoms with E-state index in [1.165, 1.54) is 0 Å². The summed E-state index contributed by atoms with van der Waals surface area (Å²) in [6.45, 7) is 0.710. The summed E-state index contributed by atoms with van der Waals surface area (Å²) in [5, 5.41) is 6.46. The molecule has 7 heteroatoms. The molecule has 0 bridgehead atoms. The molecular weight excluding hydrogens is 349 g/mol. The number of halogens is 2. The van der Waals surface area contributed by atoms with Crippen molar-refractivity contribution in [1.29, 1.82) is 0 Å². The van der Waals surface area contributed by atoms with Crippen molar-refractivity contribution in [3.05, 3.63) is 63.9 Å². The molecule has 0 aliphatic heterocycles. The Labute approximate surface area is 150 Å². The topological polar surface area (TPSA) is 71.1 Å². The van der Waals surface area contributed by atoms with Crippen molar-refractivity contribution in [3.63, 3.8) is 0 Å². The first kappa shape index (κ1) is 18.2. The molecule has 0 saturated carbocycles. The lowest BCUT2D eigenvalue weighted by Crippen LogP contribution is -2.31. The number of rotatable bonds is 7. The summed E-state index contributed by atoms with van der Waals surface area (Å²) in [7, 11) is 0. The van der Waals surface area contributed by atoms with Gasteiger partial charge in [0.25, 0.3) is 0 Å². The predicted molar refractivity (Wildman–Crippen MR) is 93.9 cm³/mol. The number of aromatic nitrogens is 1. The Bertz CT molecular complexity index is 708. The average molecular weight is 366 g/mol. The highest BCUT2D eigenvalue weighted by Crippen LogP contribution is 2.21. The van der Waals surface area contributed by atoms with Gasteiger partial charge in [0.2, 0.25) is 11.8 Å². The molecule has 0 aliphatic carbocycles. The molecule has 1 aromatic carbocycles. The van der Waals surface area contributed by atoms with E-state index >= 15 is 0 Å². The van der Waals surface area contributed by atoms with Crippen LogP contribution in [0.15, 0.2) is 42.7 Å². The first-order chi connectivity index (χ1) is 11.5. The van der Waals surface area contributed by atoms with Crippen molar-refractivity contribution in [2.75, 3.05) is 6.54 Å². The minimum Gasteiger partial charge on any atom is -0.355 e. The highest BCUT2D eigenvalue weighted by molar-refractivity contribution is 6.35. The molecule has 2 rings (SSSR count). The number of pyridine rings is 1. The van der Waals surface area contributed by atoms with Gasteiger partial charge in [0, 0.05) is 41.9 Å². The number of benzene rings is 1. The Morgan fingerprint density at radius 3 is 2.46 bits per heavy atom. The summed E-state index contributed by atoms with van der Waals surface area (Å²) in [6, 6.07) is 8.66. The van der Waals surface area contributed by atoms with Gasteiger partial charge in [0.15, 0.2) is 0 Å². The average Bonchev–Trinajstić information content (AvgIpc) is 2.56. The lowest BCUT2D eigenvalue weighted by Gasteiger charge is -2.08. The highest BCUT2D eigenvalue weighted by atomic mass is 35.5. The smallest absolute Gasteiger partial charge is 0.224 e. The number of nitrogens with zero attached hydrogens (tertiary/aromatic N) is 1. The molecule has 0 fully saturated rings. The van der Waals surface area contributed by atoms with Gasteiger partial charge < -0.3 is 10.6 Å². The second-order valence-electron chi connectivity index (χ2n) is 5.14. The molecule has 5 nitrogen and oxygen atoms in total. The lowest BCUT2D eigenvalue weighted by molar-refractivity contribution is -0.122. The van der Waals surface area contributed by atoms with Crippen molar-refractivity contribution in [3.8, 4) is 0 Å². The van der Waals surface area contributed by atoms with Crippen molar-refractivity contribution in [2.24, 2.45) is 0 Å². The van der Waals surface area contributed by atoms with Crippen LogP contribution in [0.2, 0.25) is 10.0 Å². The minimum absolute atomic E-state index is 0.128. The van der Waals surface area contributed by atoms with Crippen LogP contribution in [0.5, 0.6) is 0 Å². The first-order valence-electron chi connectivity index (χ1n) is 7.41. The molecule has 2 N–H and O–H groups in total. The van der Waals surface area contributed by atoms with Gasteiger partial charge in [-0.25, -0.2) is 0 Å². The highest BCUT2D eigenvalue weighted by Gasteiger charge is 2.08. The Kier molecular flexibility index (Phi) is 7.03. The SMILES string of the molecule is O=C(CCNC(=O)Cc1ccc(Cl)cc1Cl)NCc1ccncc1. The van der Waals surface area contributed by atoms with E-state index in [1.54, 1.807) is 30.6 Å². The summed E-state index contributed by atoms with van der Waals surface area (Å²) in [6.07, 6.45) is 3.70. The van der Waals surface area contributed by atoms with E-state index in [1.807, 2.05) is 12.1 Å². The first-order valence-corrected chi connectivity index (χ1v) is 8.16. The van der Waals surface area contributed by atoms with Crippen molar-refractivity contribution in [2.45, 2.75) is 19.4 Å². The van der Waals surface area contributed by atoms with Gasteiger partial charge in [0.1, 0.15) is 0 Å². The second-order valence-corrected chi connectivity index (χ2v) is 5.99. The van der Waals surface area contributed by atoms with Gasteiger partial charge in [0.05, 0.1) is 6.42 Å². The van der Waals surface area contributed by atoms with E-state index in [-0.39, 0.29) is 31.2 Å². The number of hydrogen-bond donors (Lipinski definition) is 2. The third-order valence-corrected chi connectivity index (χ3v) is 3.87. The molecule has 24 heavy (non-hydrogen) atoms. The van der Waals surface area contributed by atoms with Crippen LogP contribution in [0.4, 0.5) is 0 Å². The Balaban J connectivity index is 1.67. The molecule has 0 saturated heterocycles. The molecule has 0 aliphatic rings. The van der Waals surface area contributed by atoms with Gasteiger partial charge in [-0.3, -0.25) is 14.6 Å². The minimum atomic E-state index is -0.193. The van der Waals surface area contributed by atoms with Crippen molar-refractivity contribution in [1.82, 2.24) is 15.6 Å². The zero-order chi connectivity index (χ0) is 17.4. The number of carbonyl (C=O) groups excluding carboxylic acids is 2. The summed E-state index contributed by atoms with van der Waals surface area (Å²) >= 11 is 11.8. The van der Waals surface area contributed by atoms with E-state index in [0.29, 0.717) is 22.2 Å². The van der Waals surface area contributed by atoms with Crippen LogP contribution in [0, 0.1) is 0 Å². The monoisotopic (exact) mass is 365 g/mol. The molecule has 0 unspecified atom stereocenters. The third kappa shape index (κ3) is 6.18. The Hall–Kier alpha value is -2.11. The van der Waals surface area contributed by atoms with Crippen molar-refractivity contribution < 1.29 is 9.59 Å². The van der Waals surface area contributed by atoms with Crippen LogP contribution in [0.25, 0.3) is 0 Å². The summed E-state index contributed by atoms with van der Waals surface area (Å²) in [4.78, 5) is 27.5.